The fraction of sp³-hybridized carbons (Fsp3) is 0.379. The van der Waals surface area contributed by atoms with E-state index in [0.29, 0.717) is 35.3 Å². The molecule has 5 rings (SSSR count). The molecule has 1 N–H and O–H groups in total. The Bertz CT molecular complexity index is 1460. The first kappa shape index (κ1) is 26.1. The highest BCUT2D eigenvalue weighted by Crippen LogP contribution is 2.26. The molecule has 1 aliphatic heterocycles. The zero-order chi connectivity index (χ0) is 26.6. The van der Waals surface area contributed by atoms with Crippen LogP contribution in [0.5, 0.6) is 0 Å². The lowest BCUT2D eigenvalue weighted by molar-refractivity contribution is -0.133. The van der Waals surface area contributed by atoms with Gasteiger partial charge in [-0.3, -0.25) is 24.6 Å². The Morgan fingerprint density at radius 1 is 1.05 bits per heavy atom. The molecule has 9 heteroatoms. The Kier molecular flexibility index (Phi) is 7.85. The topological polar surface area (TPSA) is 86.6 Å². The number of aromatic nitrogens is 3. The third-order valence-electron chi connectivity index (χ3n) is 6.86. The molecule has 0 atom stereocenters. The van der Waals surface area contributed by atoms with Crippen LogP contribution in [0.15, 0.2) is 64.4 Å². The van der Waals surface area contributed by atoms with Crippen LogP contribution in [0.3, 0.4) is 0 Å². The van der Waals surface area contributed by atoms with Gasteiger partial charge in [-0.15, -0.1) is 0 Å². The average Bonchev–Trinajstić information content (AvgIpc) is 3.50. The van der Waals surface area contributed by atoms with Crippen molar-refractivity contribution in [2.24, 2.45) is 10.9 Å². The maximum absolute atomic E-state index is 13.7. The molecule has 198 valence electrons. The number of thiazole rings is 1. The quantitative estimate of drug-likeness (QED) is 0.341. The van der Waals surface area contributed by atoms with E-state index in [9.17, 15) is 9.59 Å². The lowest BCUT2D eigenvalue weighted by Crippen LogP contribution is -2.49. The summed E-state index contributed by atoms with van der Waals surface area (Å²) in [5.41, 5.74) is 3.66. The molecular weight excluding hydrogens is 496 g/mol. The second-order valence-corrected chi connectivity index (χ2v) is 11.1. The van der Waals surface area contributed by atoms with Gasteiger partial charge in [0.15, 0.2) is 0 Å². The second-order valence-electron chi connectivity index (χ2n) is 10.1. The summed E-state index contributed by atoms with van der Waals surface area (Å²) in [5, 5.41) is 3.93. The number of piperazine rings is 1. The van der Waals surface area contributed by atoms with Crippen molar-refractivity contribution in [3.8, 4) is 16.4 Å². The number of fused-ring (bicyclic) bond motifs is 1. The van der Waals surface area contributed by atoms with Gasteiger partial charge in [0, 0.05) is 50.4 Å². The maximum atomic E-state index is 13.7. The number of carbonyl (C=O) groups excluding carboxylic acids is 1. The van der Waals surface area contributed by atoms with Gasteiger partial charge in [-0.2, -0.15) is 4.68 Å². The number of hydrogen-bond acceptors (Lipinski definition) is 6. The third-order valence-corrected chi connectivity index (χ3v) is 7.88. The molecule has 0 unspecified atom stereocenters. The first-order chi connectivity index (χ1) is 18.4. The first-order valence-corrected chi connectivity index (χ1v) is 14.0. The van der Waals surface area contributed by atoms with Gasteiger partial charge in [0.1, 0.15) is 0 Å². The van der Waals surface area contributed by atoms with Crippen molar-refractivity contribution in [2.75, 3.05) is 39.3 Å². The molecule has 0 spiro atoms. The number of hydrogen-bond donors (Lipinski definition) is 1. The molecule has 8 nitrogen and oxygen atoms in total. The van der Waals surface area contributed by atoms with Gasteiger partial charge in [-0.25, -0.2) is 4.98 Å². The van der Waals surface area contributed by atoms with Crippen molar-refractivity contribution in [3.63, 3.8) is 0 Å². The molecule has 38 heavy (non-hydrogen) atoms. The van der Waals surface area contributed by atoms with Crippen LogP contribution in [0.25, 0.3) is 26.6 Å². The van der Waals surface area contributed by atoms with Crippen molar-refractivity contribution in [1.82, 2.24) is 24.6 Å². The van der Waals surface area contributed by atoms with E-state index >= 15 is 0 Å². The normalized spacial score (nSPS) is 15.1. The summed E-state index contributed by atoms with van der Waals surface area (Å²) in [6.07, 6.45) is 0.610. The number of carbonyl (C=O) groups is 1. The minimum atomic E-state index is -0.151. The van der Waals surface area contributed by atoms with Gasteiger partial charge >= 0.3 is 0 Å². The Hall–Kier alpha value is -3.56. The smallest absolute Gasteiger partial charge is 0.283 e. The van der Waals surface area contributed by atoms with E-state index in [0.717, 1.165) is 54.2 Å². The van der Waals surface area contributed by atoms with Crippen molar-refractivity contribution in [3.05, 3.63) is 70.5 Å². The summed E-state index contributed by atoms with van der Waals surface area (Å²) >= 11 is 1.48. The molecule has 3 heterocycles. The highest BCUT2D eigenvalue weighted by atomic mass is 32.1. The number of rotatable bonds is 8. The van der Waals surface area contributed by atoms with E-state index < -0.39 is 0 Å². The lowest BCUT2D eigenvalue weighted by Gasteiger charge is -2.34. The van der Waals surface area contributed by atoms with Crippen LogP contribution in [0, 0.1) is 5.92 Å². The number of para-hydroxylation sites is 1. The number of aromatic amines is 1. The Labute approximate surface area is 226 Å². The summed E-state index contributed by atoms with van der Waals surface area (Å²) in [6.45, 7) is 10.7. The number of nitrogens with zero attached hydrogens (tertiary/aromatic N) is 5. The van der Waals surface area contributed by atoms with Gasteiger partial charge in [-0.05, 0) is 25.0 Å². The van der Waals surface area contributed by atoms with Gasteiger partial charge in [0.2, 0.25) is 11.0 Å². The predicted molar refractivity (Wildman–Crippen MR) is 155 cm³/mol. The SMILES string of the molecule is CC(=NCCN1CCN(C(=O)CC(C)C)CC1)c1c(-c2ccccc2)[nH]n(-c2nc3ccccc3s2)c1=O. The molecule has 1 fully saturated rings. The van der Waals surface area contributed by atoms with Crippen molar-refractivity contribution in [1.29, 1.82) is 0 Å². The summed E-state index contributed by atoms with van der Waals surface area (Å²) in [6, 6.07) is 17.8. The molecule has 2 aromatic carbocycles. The van der Waals surface area contributed by atoms with Crippen molar-refractivity contribution < 1.29 is 4.79 Å². The zero-order valence-corrected chi connectivity index (χ0v) is 23.0. The Balaban J connectivity index is 1.34. The summed E-state index contributed by atoms with van der Waals surface area (Å²) in [4.78, 5) is 39.9. The Morgan fingerprint density at radius 2 is 1.76 bits per heavy atom. The molecule has 2 aromatic heterocycles. The van der Waals surface area contributed by atoms with Gasteiger partial charge in [-0.1, -0.05) is 67.6 Å². The third kappa shape index (κ3) is 5.63. The number of H-pyrrole nitrogens is 1. The van der Waals surface area contributed by atoms with Crippen molar-refractivity contribution in [2.45, 2.75) is 27.2 Å². The fourth-order valence-electron chi connectivity index (χ4n) is 4.81. The van der Waals surface area contributed by atoms with Crippen LogP contribution >= 0.6 is 11.3 Å². The molecule has 0 radical (unpaired) electrons. The monoisotopic (exact) mass is 530 g/mol. The number of nitrogens with one attached hydrogen (secondary N) is 1. The highest BCUT2D eigenvalue weighted by molar-refractivity contribution is 7.20. The van der Waals surface area contributed by atoms with Crippen molar-refractivity contribution >= 4 is 33.2 Å². The van der Waals surface area contributed by atoms with Crippen LogP contribution in [-0.4, -0.2) is 75.5 Å². The lowest BCUT2D eigenvalue weighted by atomic mass is 10.1. The zero-order valence-electron chi connectivity index (χ0n) is 22.2. The molecule has 0 aliphatic carbocycles. The molecule has 1 saturated heterocycles. The van der Waals surface area contributed by atoms with Gasteiger partial charge in [0.25, 0.3) is 5.56 Å². The molecule has 4 aromatic rings. The van der Waals surface area contributed by atoms with Crippen LogP contribution < -0.4 is 5.56 Å². The standard InChI is InChI=1S/C29H34N6O2S/c1-20(2)19-25(36)34-17-15-33(16-18-34)14-13-30-21(3)26-27(22-9-5-4-6-10-22)32-35(28(26)37)29-31-23-11-7-8-12-24(23)38-29/h4-12,20,32H,13-19H2,1-3H3. The van der Waals surface area contributed by atoms with Crippen LogP contribution in [0.2, 0.25) is 0 Å². The van der Waals surface area contributed by atoms with Crippen LogP contribution in [0.4, 0.5) is 0 Å². The highest BCUT2D eigenvalue weighted by Gasteiger charge is 2.23. The molecule has 1 aliphatic rings. The Morgan fingerprint density at radius 3 is 2.47 bits per heavy atom. The predicted octanol–water partition coefficient (Wildman–Crippen LogP) is 4.44. The largest absolute Gasteiger partial charge is 0.340 e. The molecule has 1 amide bonds. The minimum absolute atomic E-state index is 0.151. The van der Waals surface area contributed by atoms with Gasteiger partial charge in [0.05, 0.1) is 28.0 Å². The first-order valence-electron chi connectivity index (χ1n) is 13.2. The molecule has 0 saturated carbocycles. The van der Waals surface area contributed by atoms with Gasteiger partial charge < -0.3 is 4.90 Å². The molecular formula is C29H34N6O2S. The maximum Gasteiger partial charge on any atom is 0.283 e. The fourth-order valence-corrected chi connectivity index (χ4v) is 5.74. The number of aliphatic imine (C=N–C) groups is 1. The summed E-state index contributed by atoms with van der Waals surface area (Å²) in [5.74, 6) is 0.630. The van der Waals surface area contributed by atoms with E-state index in [1.54, 1.807) is 0 Å². The van der Waals surface area contributed by atoms with E-state index in [1.807, 2.05) is 66.4 Å². The van der Waals surface area contributed by atoms with E-state index in [2.05, 4.69) is 28.8 Å². The van der Waals surface area contributed by atoms with E-state index in [4.69, 9.17) is 4.99 Å². The van der Waals surface area contributed by atoms with Crippen LogP contribution in [-0.2, 0) is 4.79 Å². The number of amides is 1. The summed E-state index contributed by atoms with van der Waals surface area (Å²) < 4.78 is 2.57. The molecule has 0 bridgehead atoms. The minimum Gasteiger partial charge on any atom is -0.340 e. The van der Waals surface area contributed by atoms with E-state index in [1.165, 1.54) is 16.0 Å². The van der Waals surface area contributed by atoms with Crippen LogP contribution in [0.1, 0.15) is 32.8 Å². The van der Waals surface area contributed by atoms with E-state index in [-0.39, 0.29) is 11.5 Å². The second kappa shape index (κ2) is 11.4. The number of benzene rings is 2. The average molecular weight is 531 g/mol. The summed E-state index contributed by atoms with van der Waals surface area (Å²) in [7, 11) is 0.